The van der Waals surface area contributed by atoms with Gasteiger partial charge in [0.05, 0.1) is 7.11 Å². The number of rotatable bonds is 9. The zero-order chi connectivity index (χ0) is 19.5. The van der Waals surface area contributed by atoms with Gasteiger partial charge in [0.15, 0.2) is 5.96 Å². The second-order valence-electron chi connectivity index (χ2n) is 6.37. The molecule has 0 amide bonds. The zero-order valence-electron chi connectivity index (χ0n) is 17.4. The summed E-state index contributed by atoms with van der Waals surface area (Å²) in [6, 6.07) is 16.7. The van der Waals surface area contributed by atoms with Crippen molar-refractivity contribution in [2.45, 2.75) is 33.5 Å². The third kappa shape index (κ3) is 7.67. The second-order valence-corrected chi connectivity index (χ2v) is 6.37. The van der Waals surface area contributed by atoms with Crippen molar-refractivity contribution in [3.63, 3.8) is 0 Å². The molecule has 0 atom stereocenters. The van der Waals surface area contributed by atoms with Crippen LogP contribution in [-0.4, -0.2) is 38.1 Å². The van der Waals surface area contributed by atoms with Gasteiger partial charge in [0, 0.05) is 32.2 Å². The first-order valence-corrected chi connectivity index (χ1v) is 9.56. The summed E-state index contributed by atoms with van der Waals surface area (Å²) in [7, 11) is 3.48. The number of nitrogens with one attached hydrogen (secondary N) is 2. The van der Waals surface area contributed by atoms with Crippen molar-refractivity contribution in [2.75, 3.05) is 27.2 Å². The Morgan fingerprint density at radius 2 is 1.64 bits per heavy atom. The lowest BCUT2D eigenvalue weighted by atomic mass is 10.1. The summed E-state index contributed by atoms with van der Waals surface area (Å²) in [5.41, 5.74) is 3.69. The van der Waals surface area contributed by atoms with Crippen molar-refractivity contribution < 1.29 is 4.74 Å². The van der Waals surface area contributed by atoms with Gasteiger partial charge in [-0.25, -0.2) is 0 Å². The Balaban J connectivity index is 0.00000392. The van der Waals surface area contributed by atoms with Crippen LogP contribution in [0, 0.1) is 0 Å². The average molecular weight is 496 g/mol. The largest absolute Gasteiger partial charge is 0.496 e. The van der Waals surface area contributed by atoms with E-state index in [9.17, 15) is 0 Å². The monoisotopic (exact) mass is 496 g/mol. The number of hydrogen-bond acceptors (Lipinski definition) is 3. The summed E-state index contributed by atoms with van der Waals surface area (Å²) in [4.78, 5) is 6.73. The minimum atomic E-state index is 0. The van der Waals surface area contributed by atoms with E-state index in [0.717, 1.165) is 43.5 Å². The molecule has 2 N–H and O–H groups in total. The highest BCUT2D eigenvalue weighted by molar-refractivity contribution is 14.0. The molecule has 5 nitrogen and oxygen atoms in total. The summed E-state index contributed by atoms with van der Waals surface area (Å²) < 4.78 is 5.40. The molecule has 0 unspecified atom stereocenters. The molecule has 28 heavy (non-hydrogen) atoms. The number of ether oxygens (including phenoxy) is 1. The summed E-state index contributed by atoms with van der Waals surface area (Å²) in [6.45, 7) is 8.92. The predicted molar refractivity (Wildman–Crippen MR) is 129 cm³/mol. The van der Waals surface area contributed by atoms with E-state index in [1.807, 2.05) is 18.2 Å². The zero-order valence-corrected chi connectivity index (χ0v) is 19.7. The third-order valence-corrected chi connectivity index (χ3v) is 4.61. The van der Waals surface area contributed by atoms with Gasteiger partial charge in [-0.15, -0.1) is 24.0 Å². The maximum absolute atomic E-state index is 5.40. The molecule has 2 aromatic carbocycles. The second kappa shape index (κ2) is 13.4. The molecule has 0 saturated carbocycles. The minimum absolute atomic E-state index is 0. The molecule has 2 aromatic rings. The quantitative estimate of drug-likeness (QED) is 0.313. The molecule has 0 radical (unpaired) electrons. The molecule has 0 aromatic heterocycles. The first-order chi connectivity index (χ1) is 13.2. The van der Waals surface area contributed by atoms with Gasteiger partial charge in [-0.1, -0.05) is 56.3 Å². The fourth-order valence-corrected chi connectivity index (χ4v) is 2.98. The van der Waals surface area contributed by atoms with Crippen molar-refractivity contribution >= 4 is 29.9 Å². The van der Waals surface area contributed by atoms with Gasteiger partial charge in [-0.2, -0.15) is 0 Å². The summed E-state index contributed by atoms with van der Waals surface area (Å²) in [6.07, 6.45) is 0. The van der Waals surface area contributed by atoms with Crippen molar-refractivity contribution in [2.24, 2.45) is 4.99 Å². The number of benzene rings is 2. The van der Waals surface area contributed by atoms with Crippen molar-refractivity contribution in [3.8, 4) is 5.75 Å². The number of para-hydroxylation sites is 1. The molecule has 0 saturated heterocycles. The van der Waals surface area contributed by atoms with Crippen molar-refractivity contribution in [3.05, 3.63) is 65.2 Å². The topological polar surface area (TPSA) is 48.9 Å². The van der Waals surface area contributed by atoms with Gasteiger partial charge in [0.2, 0.25) is 0 Å². The van der Waals surface area contributed by atoms with Gasteiger partial charge in [0.1, 0.15) is 5.75 Å². The molecule has 2 rings (SSSR count). The first-order valence-electron chi connectivity index (χ1n) is 9.56. The van der Waals surface area contributed by atoms with E-state index in [1.54, 1.807) is 14.2 Å². The molecule has 154 valence electrons. The number of methoxy groups -OCH3 is 1. The molecule has 0 aliphatic heterocycles. The normalized spacial score (nSPS) is 11.1. The van der Waals surface area contributed by atoms with Crippen LogP contribution in [0.25, 0.3) is 0 Å². The molecule has 6 heteroatoms. The van der Waals surface area contributed by atoms with Gasteiger partial charge in [-0.05, 0) is 30.3 Å². The van der Waals surface area contributed by atoms with Crippen LogP contribution in [0.3, 0.4) is 0 Å². The maximum atomic E-state index is 5.40. The molecule has 0 heterocycles. The Bertz CT molecular complexity index is 732. The van der Waals surface area contributed by atoms with Crippen LogP contribution in [0.1, 0.15) is 30.5 Å². The van der Waals surface area contributed by atoms with Crippen LogP contribution in [0.4, 0.5) is 0 Å². The number of guanidine groups is 1. The maximum Gasteiger partial charge on any atom is 0.191 e. The van der Waals surface area contributed by atoms with Crippen LogP contribution in [0.5, 0.6) is 5.75 Å². The van der Waals surface area contributed by atoms with Crippen LogP contribution < -0.4 is 15.4 Å². The van der Waals surface area contributed by atoms with E-state index in [-0.39, 0.29) is 24.0 Å². The molecule has 0 bridgehead atoms. The lowest BCUT2D eigenvalue weighted by molar-refractivity contribution is 0.296. The van der Waals surface area contributed by atoms with Crippen molar-refractivity contribution in [1.82, 2.24) is 15.5 Å². The summed E-state index contributed by atoms with van der Waals surface area (Å²) >= 11 is 0. The Morgan fingerprint density at radius 1 is 0.964 bits per heavy atom. The van der Waals surface area contributed by atoms with E-state index in [1.165, 1.54) is 11.1 Å². The van der Waals surface area contributed by atoms with Gasteiger partial charge >= 0.3 is 0 Å². The molecule has 0 fully saturated rings. The number of aliphatic imine (C=N–C) groups is 1. The van der Waals surface area contributed by atoms with E-state index in [0.29, 0.717) is 6.54 Å². The third-order valence-electron chi connectivity index (χ3n) is 4.61. The first kappa shape index (κ1) is 24.2. The standard InChI is InChI=1S/C22H32N4O.HI/c1-5-26(6-2)17-19-11-9-10-18(14-19)15-24-22(23-3)25-16-20-12-7-8-13-21(20)27-4;/h7-14H,5-6,15-17H2,1-4H3,(H2,23,24,25);1H. The lowest BCUT2D eigenvalue weighted by Gasteiger charge is -2.18. The molecule has 0 aliphatic carbocycles. The Labute approximate surface area is 186 Å². The minimum Gasteiger partial charge on any atom is -0.496 e. The van der Waals surface area contributed by atoms with Gasteiger partial charge in [-0.3, -0.25) is 9.89 Å². The molecule has 0 aliphatic rings. The number of halogens is 1. The number of nitrogens with zero attached hydrogens (tertiary/aromatic N) is 2. The lowest BCUT2D eigenvalue weighted by Crippen LogP contribution is -2.36. The van der Waals surface area contributed by atoms with E-state index in [2.05, 4.69) is 64.7 Å². The highest BCUT2D eigenvalue weighted by atomic mass is 127. The van der Waals surface area contributed by atoms with Gasteiger partial charge < -0.3 is 15.4 Å². The van der Waals surface area contributed by atoms with E-state index < -0.39 is 0 Å². The fraction of sp³-hybridized carbons (Fsp3) is 0.409. The van der Waals surface area contributed by atoms with Crippen molar-refractivity contribution in [1.29, 1.82) is 0 Å². The Hall–Kier alpha value is -1.80. The summed E-state index contributed by atoms with van der Waals surface area (Å²) in [5.74, 6) is 1.65. The highest BCUT2D eigenvalue weighted by Crippen LogP contribution is 2.16. The fourth-order valence-electron chi connectivity index (χ4n) is 2.98. The van der Waals surface area contributed by atoms with Crippen LogP contribution in [0.15, 0.2) is 53.5 Å². The highest BCUT2D eigenvalue weighted by Gasteiger charge is 2.05. The average Bonchev–Trinajstić information content (AvgIpc) is 2.72. The molecular weight excluding hydrogens is 463 g/mol. The van der Waals surface area contributed by atoms with E-state index >= 15 is 0 Å². The molecular formula is C22H33IN4O. The van der Waals surface area contributed by atoms with Gasteiger partial charge in [0.25, 0.3) is 0 Å². The Morgan fingerprint density at radius 3 is 2.32 bits per heavy atom. The van der Waals surface area contributed by atoms with Crippen LogP contribution in [0.2, 0.25) is 0 Å². The SMILES string of the molecule is CCN(CC)Cc1cccc(CNC(=NC)NCc2ccccc2OC)c1.I. The Kier molecular flexibility index (Phi) is 11.6. The van der Waals surface area contributed by atoms with Crippen LogP contribution in [-0.2, 0) is 19.6 Å². The smallest absolute Gasteiger partial charge is 0.191 e. The van der Waals surface area contributed by atoms with E-state index in [4.69, 9.17) is 4.74 Å². The predicted octanol–water partition coefficient (Wildman–Crippen LogP) is 4.02. The summed E-state index contributed by atoms with van der Waals surface area (Å²) in [5, 5.41) is 6.73. The molecule has 0 spiro atoms. The number of hydrogen-bond donors (Lipinski definition) is 2. The van der Waals surface area contributed by atoms with Crippen LogP contribution >= 0.6 is 24.0 Å².